The highest BCUT2D eigenvalue weighted by Gasteiger charge is 2.26. The quantitative estimate of drug-likeness (QED) is 0.388. The number of benzene rings is 1. The van der Waals surface area contributed by atoms with Gasteiger partial charge in [-0.15, -0.1) is 10.2 Å². The maximum absolute atomic E-state index is 13.1. The van der Waals surface area contributed by atoms with Gasteiger partial charge in [-0.25, -0.2) is 9.97 Å². The molecule has 0 spiro atoms. The van der Waals surface area contributed by atoms with Crippen molar-refractivity contribution >= 4 is 22.6 Å². The molecule has 5 aromatic rings. The van der Waals surface area contributed by atoms with Gasteiger partial charge in [-0.1, -0.05) is 12.1 Å². The lowest BCUT2D eigenvalue weighted by Gasteiger charge is -2.10. The van der Waals surface area contributed by atoms with Gasteiger partial charge in [0.2, 0.25) is 0 Å². The minimum Gasteiger partial charge on any atom is -0.350 e. The Labute approximate surface area is 195 Å². The van der Waals surface area contributed by atoms with Crippen LogP contribution in [-0.4, -0.2) is 40.2 Å². The summed E-state index contributed by atoms with van der Waals surface area (Å²) in [5, 5.41) is 12.1. The number of fused-ring (bicyclic) bond motifs is 1. The summed E-state index contributed by atoms with van der Waals surface area (Å²) in [5.74, 6) is 1.43. The molecule has 9 nitrogen and oxygen atoms in total. The van der Waals surface area contributed by atoms with E-state index >= 15 is 0 Å². The van der Waals surface area contributed by atoms with Crippen LogP contribution in [0.1, 0.15) is 54.8 Å². The molecular formula is C25H24N8O. The van der Waals surface area contributed by atoms with Crippen molar-refractivity contribution in [1.82, 2.24) is 34.3 Å². The fourth-order valence-corrected chi connectivity index (χ4v) is 4.16. The van der Waals surface area contributed by atoms with Crippen LogP contribution in [0.5, 0.6) is 0 Å². The average Bonchev–Trinajstić information content (AvgIpc) is 3.25. The molecule has 34 heavy (non-hydrogen) atoms. The second kappa shape index (κ2) is 7.95. The van der Waals surface area contributed by atoms with Gasteiger partial charge in [-0.3, -0.25) is 4.79 Å². The molecule has 1 aromatic carbocycles. The number of carbonyl (C=O) groups is 1. The number of H-pyrrole nitrogens is 1. The van der Waals surface area contributed by atoms with Crippen LogP contribution < -0.4 is 5.32 Å². The summed E-state index contributed by atoms with van der Waals surface area (Å²) in [5.41, 5.74) is 4.11. The van der Waals surface area contributed by atoms with Crippen LogP contribution >= 0.6 is 0 Å². The SMILES string of the molecule is CC(C)n1cnnc1-c1cccc(NC(=O)c2cc3c(-n4cnc(C5CC5)c4)cccc3[nH]2)n1. The summed E-state index contributed by atoms with van der Waals surface area (Å²) in [6, 6.07) is 13.5. The molecule has 0 bridgehead atoms. The van der Waals surface area contributed by atoms with E-state index in [0.29, 0.717) is 28.9 Å². The van der Waals surface area contributed by atoms with Crippen LogP contribution in [0.3, 0.4) is 0 Å². The van der Waals surface area contributed by atoms with Crippen molar-refractivity contribution < 1.29 is 4.79 Å². The van der Waals surface area contributed by atoms with Gasteiger partial charge in [0.25, 0.3) is 5.91 Å². The predicted octanol–water partition coefficient (Wildman–Crippen LogP) is 4.72. The predicted molar refractivity (Wildman–Crippen MR) is 129 cm³/mol. The Bertz CT molecular complexity index is 1500. The Morgan fingerprint density at radius 3 is 2.82 bits per heavy atom. The van der Waals surface area contributed by atoms with Gasteiger partial charge >= 0.3 is 0 Å². The van der Waals surface area contributed by atoms with Gasteiger partial charge in [-0.2, -0.15) is 0 Å². The average molecular weight is 453 g/mol. The molecule has 1 saturated carbocycles. The first kappa shape index (κ1) is 20.3. The third kappa shape index (κ3) is 3.64. The second-order valence-corrected chi connectivity index (χ2v) is 8.92. The van der Waals surface area contributed by atoms with Crippen LogP contribution in [0.15, 0.2) is 61.3 Å². The smallest absolute Gasteiger partial charge is 0.273 e. The molecule has 1 aliphatic rings. The molecule has 1 aliphatic carbocycles. The van der Waals surface area contributed by atoms with E-state index in [1.54, 1.807) is 12.4 Å². The number of nitrogens with zero attached hydrogens (tertiary/aromatic N) is 6. The van der Waals surface area contributed by atoms with E-state index in [-0.39, 0.29) is 11.9 Å². The van der Waals surface area contributed by atoms with E-state index in [9.17, 15) is 4.79 Å². The summed E-state index contributed by atoms with van der Waals surface area (Å²) in [6.07, 6.45) is 8.04. The van der Waals surface area contributed by atoms with Crippen LogP contribution in [-0.2, 0) is 0 Å². The molecule has 0 aliphatic heterocycles. The van der Waals surface area contributed by atoms with Crippen LogP contribution in [0.25, 0.3) is 28.1 Å². The number of pyridine rings is 1. The highest BCUT2D eigenvalue weighted by Crippen LogP contribution is 2.39. The molecule has 4 heterocycles. The summed E-state index contributed by atoms with van der Waals surface area (Å²) in [7, 11) is 0. The van der Waals surface area contributed by atoms with Gasteiger partial charge < -0.3 is 19.4 Å². The zero-order valence-electron chi connectivity index (χ0n) is 18.9. The molecule has 2 N–H and O–H groups in total. The van der Waals surface area contributed by atoms with Gasteiger partial charge in [0.15, 0.2) is 5.82 Å². The lowest BCUT2D eigenvalue weighted by atomic mass is 10.2. The van der Waals surface area contributed by atoms with Gasteiger partial charge in [0.05, 0.1) is 17.7 Å². The van der Waals surface area contributed by atoms with Crippen molar-refractivity contribution in [3.05, 3.63) is 72.7 Å². The largest absolute Gasteiger partial charge is 0.350 e. The Morgan fingerprint density at radius 1 is 1.15 bits per heavy atom. The van der Waals surface area contributed by atoms with E-state index in [4.69, 9.17) is 0 Å². The van der Waals surface area contributed by atoms with E-state index < -0.39 is 0 Å². The highest BCUT2D eigenvalue weighted by atomic mass is 16.1. The molecule has 1 amide bonds. The number of amides is 1. The molecule has 0 unspecified atom stereocenters. The topological polar surface area (TPSA) is 106 Å². The zero-order chi connectivity index (χ0) is 23.2. The summed E-state index contributed by atoms with van der Waals surface area (Å²) >= 11 is 0. The molecule has 9 heteroatoms. The molecule has 0 atom stereocenters. The van der Waals surface area contributed by atoms with Crippen molar-refractivity contribution in [3.8, 4) is 17.2 Å². The first-order valence-corrected chi connectivity index (χ1v) is 11.4. The molecule has 1 fully saturated rings. The second-order valence-electron chi connectivity index (χ2n) is 8.92. The van der Waals surface area contributed by atoms with E-state index in [2.05, 4.69) is 50.5 Å². The molecule has 0 saturated heterocycles. The molecular weight excluding hydrogens is 428 g/mol. The highest BCUT2D eigenvalue weighted by molar-refractivity contribution is 6.06. The number of aromatic nitrogens is 7. The monoisotopic (exact) mass is 452 g/mol. The Hall–Kier alpha value is -4.27. The van der Waals surface area contributed by atoms with Crippen molar-refractivity contribution in [2.45, 2.75) is 38.6 Å². The maximum Gasteiger partial charge on any atom is 0.273 e. The normalized spacial score (nSPS) is 13.6. The number of imidazole rings is 1. The van der Waals surface area contributed by atoms with E-state index in [1.807, 2.05) is 51.9 Å². The number of rotatable bonds is 6. The Kier molecular flexibility index (Phi) is 4.75. The third-order valence-electron chi connectivity index (χ3n) is 6.11. The summed E-state index contributed by atoms with van der Waals surface area (Å²) < 4.78 is 3.97. The van der Waals surface area contributed by atoms with Crippen LogP contribution in [0.4, 0.5) is 5.82 Å². The van der Waals surface area contributed by atoms with E-state index in [1.165, 1.54) is 12.8 Å². The standard InChI is InChI=1S/C25H24N8O/c1-15(2)33-14-27-31-24(33)19-6-4-8-23(29-19)30-25(34)20-11-17-18(28-20)5-3-7-22(17)32-12-21(26-13-32)16-9-10-16/h3-8,11-16,28H,9-10H2,1-2H3,(H,29,30,34). The molecule has 6 rings (SSSR count). The van der Waals surface area contributed by atoms with Gasteiger partial charge in [0, 0.05) is 29.1 Å². The summed E-state index contributed by atoms with van der Waals surface area (Å²) in [6.45, 7) is 4.11. The van der Waals surface area contributed by atoms with Crippen molar-refractivity contribution in [2.24, 2.45) is 0 Å². The van der Waals surface area contributed by atoms with Crippen LogP contribution in [0.2, 0.25) is 0 Å². The lowest BCUT2D eigenvalue weighted by molar-refractivity contribution is 0.102. The van der Waals surface area contributed by atoms with Crippen molar-refractivity contribution in [2.75, 3.05) is 5.32 Å². The van der Waals surface area contributed by atoms with Crippen molar-refractivity contribution in [3.63, 3.8) is 0 Å². The fourth-order valence-electron chi connectivity index (χ4n) is 4.16. The fraction of sp³-hybridized carbons (Fsp3) is 0.240. The molecule has 170 valence electrons. The Morgan fingerprint density at radius 2 is 2.00 bits per heavy atom. The molecule has 0 radical (unpaired) electrons. The number of anilines is 1. The number of hydrogen-bond acceptors (Lipinski definition) is 5. The first-order chi connectivity index (χ1) is 16.6. The lowest BCUT2D eigenvalue weighted by Crippen LogP contribution is -2.13. The van der Waals surface area contributed by atoms with Crippen LogP contribution in [0, 0.1) is 0 Å². The first-order valence-electron chi connectivity index (χ1n) is 11.4. The maximum atomic E-state index is 13.1. The number of hydrogen-bond donors (Lipinski definition) is 2. The minimum atomic E-state index is -0.263. The number of carbonyl (C=O) groups excluding carboxylic acids is 1. The van der Waals surface area contributed by atoms with Gasteiger partial charge in [0.1, 0.15) is 23.5 Å². The van der Waals surface area contributed by atoms with Crippen molar-refractivity contribution in [1.29, 1.82) is 0 Å². The third-order valence-corrected chi connectivity index (χ3v) is 6.11. The van der Waals surface area contributed by atoms with E-state index in [0.717, 1.165) is 22.3 Å². The van der Waals surface area contributed by atoms with Gasteiger partial charge in [-0.05, 0) is 57.0 Å². The number of nitrogens with one attached hydrogen (secondary N) is 2. The summed E-state index contributed by atoms with van der Waals surface area (Å²) in [4.78, 5) is 25.5. The Balaban J connectivity index is 1.28. The molecule has 4 aromatic heterocycles. The zero-order valence-corrected chi connectivity index (χ0v) is 18.9. The minimum absolute atomic E-state index is 0.196. The number of aromatic amines is 1.